The van der Waals surface area contributed by atoms with Crippen LogP contribution in [0, 0.1) is 23.7 Å². The highest BCUT2D eigenvalue weighted by Gasteiger charge is 2.53. The van der Waals surface area contributed by atoms with Gasteiger partial charge >= 0.3 is 5.97 Å². The van der Waals surface area contributed by atoms with Gasteiger partial charge in [-0.1, -0.05) is 27.7 Å². The van der Waals surface area contributed by atoms with Gasteiger partial charge < -0.3 is 53.4 Å². The van der Waals surface area contributed by atoms with Crippen molar-refractivity contribution in [3.05, 3.63) is 0 Å². The molecule has 17 atom stereocenters. The van der Waals surface area contributed by atoms with Gasteiger partial charge in [-0.2, -0.15) is 0 Å². The maximum Gasteiger partial charge on any atom is 0.311 e. The van der Waals surface area contributed by atoms with Crippen LogP contribution in [0.25, 0.3) is 0 Å². The summed E-state index contributed by atoms with van der Waals surface area (Å²) in [6.07, 6.45) is -5.55. The quantitative estimate of drug-likeness (QED) is 0.312. The molecule has 298 valence electrons. The summed E-state index contributed by atoms with van der Waals surface area (Å²) in [5, 5.41) is 34.0. The van der Waals surface area contributed by atoms with Crippen LogP contribution in [0.4, 0.5) is 0 Å². The fourth-order valence-corrected chi connectivity index (χ4v) is 8.53. The Hall–Kier alpha value is -1.26. The molecule has 3 aliphatic rings. The molecule has 3 fully saturated rings. The molecule has 13 nitrogen and oxygen atoms in total. The number of rotatable bonds is 8. The van der Waals surface area contributed by atoms with Crippen molar-refractivity contribution in [2.75, 3.05) is 28.3 Å². The molecule has 0 aromatic carbocycles. The number of aliphatic hydroxyl groups excluding tert-OH is 2. The Balaban J connectivity index is 2.19. The smallest absolute Gasteiger partial charge is 0.311 e. The third kappa shape index (κ3) is 9.71. The molecule has 3 saturated heterocycles. The molecule has 0 aromatic rings. The van der Waals surface area contributed by atoms with Crippen molar-refractivity contribution in [1.29, 1.82) is 0 Å². The summed E-state index contributed by atoms with van der Waals surface area (Å²) in [4.78, 5) is 30.3. The zero-order valence-electron chi connectivity index (χ0n) is 33.6. The summed E-state index contributed by atoms with van der Waals surface area (Å²) in [6, 6.07) is 0.194. The molecule has 51 heavy (non-hydrogen) atoms. The third-order valence-corrected chi connectivity index (χ3v) is 12.2. The molecule has 0 aromatic heterocycles. The highest BCUT2D eigenvalue weighted by Crippen LogP contribution is 2.41. The lowest BCUT2D eigenvalue weighted by atomic mass is 9.74. The van der Waals surface area contributed by atoms with Crippen LogP contribution < -0.4 is 0 Å². The largest absolute Gasteiger partial charge is 0.459 e. The molecule has 0 amide bonds. The summed E-state index contributed by atoms with van der Waals surface area (Å²) < 4.78 is 44.3. The van der Waals surface area contributed by atoms with Gasteiger partial charge in [-0.3, -0.25) is 9.59 Å². The number of nitrogens with zero attached hydrogens (tertiary/aromatic N) is 1. The van der Waals surface area contributed by atoms with Gasteiger partial charge in [-0.25, -0.2) is 0 Å². The van der Waals surface area contributed by atoms with E-state index in [1.54, 1.807) is 48.7 Å². The zero-order chi connectivity index (χ0) is 38.8. The molecule has 3 N–H and O–H groups in total. The summed E-state index contributed by atoms with van der Waals surface area (Å²) in [6.45, 7) is 17.5. The van der Waals surface area contributed by atoms with E-state index in [-0.39, 0.29) is 37.2 Å². The normalized spacial score (nSPS) is 48.3. The molecule has 0 radical (unpaired) electrons. The third-order valence-electron chi connectivity index (χ3n) is 12.2. The Morgan fingerprint density at radius 1 is 0.824 bits per heavy atom. The van der Waals surface area contributed by atoms with Crippen LogP contribution in [0.3, 0.4) is 0 Å². The minimum absolute atomic E-state index is 0.0865. The van der Waals surface area contributed by atoms with Gasteiger partial charge in [-0.05, 0) is 74.9 Å². The SMILES string of the molecule is CC[C@H]1OC(=O)[C@H](C)[C@@H](OC2CC(C)(OC)C(O)C(C)O2)[C@H](C)[C@@H](OC2CC(N(C)C)CC(C)O2)[C@@](C)(OC)C[C@@H](C)C(=O)[C@H](C)[C@@H](O)[C@]1(C)O. The maximum atomic E-state index is 14.2. The van der Waals surface area contributed by atoms with E-state index in [1.807, 2.05) is 34.9 Å². The van der Waals surface area contributed by atoms with Crippen LogP contribution >= 0.6 is 0 Å². The first kappa shape index (κ1) is 44.1. The van der Waals surface area contributed by atoms with E-state index in [0.717, 1.165) is 6.42 Å². The number of Topliss-reactive ketones (excluding diaryl/α,β-unsaturated/α-hetero) is 1. The number of carbonyl (C=O) groups excluding carboxylic acids is 2. The first-order chi connectivity index (χ1) is 23.6. The second-order valence-corrected chi connectivity index (χ2v) is 16.5. The van der Waals surface area contributed by atoms with Crippen LogP contribution in [-0.4, -0.2) is 138 Å². The number of methoxy groups -OCH3 is 2. The topological polar surface area (TPSA) is 163 Å². The molecular weight excluding hydrogens is 662 g/mol. The molecule has 3 rings (SSSR count). The lowest BCUT2D eigenvalue weighted by Gasteiger charge is -2.49. The first-order valence-electron chi connectivity index (χ1n) is 18.8. The Morgan fingerprint density at radius 2 is 1.43 bits per heavy atom. The number of hydrogen-bond donors (Lipinski definition) is 3. The van der Waals surface area contributed by atoms with Crippen molar-refractivity contribution in [2.24, 2.45) is 23.7 Å². The van der Waals surface area contributed by atoms with Gasteiger partial charge in [0, 0.05) is 50.9 Å². The number of hydrogen-bond acceptors (Lipinski definition) is 13. The maximum absolute atomic E-state index is 14.2. The molecule has 7 unspecified atom stereocenters. The lowest BCUT2D eigenvalue weighted by molar-refractivity contribution is -0.309. The molecule has 0 aliphatic carbocycles. The molecule has 0 bridgehead atoms. The predicted octanol–water partition coefficient (Wildman–Crippen LogP) is 3.47. The average molecular weight is 732 g/mol. The molecule has 0 spiro atoms. The van der Waals surface area contributed by atoms with Crippen molar-refractivity contribution in [3.8, 4) is 0 Å². The van der Waals surface area contributed by atoms with Crippen molar-refractivity contribution in [1.82, 2.24) is 4.90 Å². The first-order valence-corrected chi connectivity index (χ1v) is 18.8. The Morgan fingerprint density at radius 3 is 1.98 bits per heavy atom. The van der Waals surface area contributed by atoms with Crippen molar-refractivity contribution < 1.29 is 58.1 Å². The number of ketones is 1. The summed E-state index contributed by atoms with van der Waals surface area (Å²) in [5.74, 6) is -4.06. The van der Waals surface area contributed by atoms with Crippen molar-refractivity contribution in [2.45, 2.75) is 179 Å². The van der Waals surface area contributed by atoms with E-state index in [4.69, 9.17) is 33.2 Å². The van der Waals surface area contributed by atoms with E-state index >= 15 is 0 Å². The summed E-state index contributed by atoms with van der Waals surface area (Å²) in [5.41, 5.74) is -4.05. The Labute approximate surface area is 305 Å². The van der Waals surface area contributed by atoms with Crippen molar-refractivity contribution in [3.63, 3.8) is 0 Å². The van der Waals surface area contributed by atoms with Gasteiger partial charge in [0.25, 0.3) is 0 Å². The number of esters is 1. The van der Waals surface area contributed by atoms with Crippen LogP contribution in [-0.2, 0) is 42.7 Å². The Bertz CT molecular complexity index is 1150. The van der Waals surface area contributed by atoms with Crippen LogP contribution in [0.15, 0.2) is 0 Å². The van der Waals surface area contributed by atoms with Gasteiger partial charge in [0.2, 0.25) is 0 Å². The fourth-order valence-electron chi connectivity index (χ4n) is 8.53. The zero-order valence-corrected chi connectivity index (χ0v) is 33.6. The minimum Gasteiger partial charge on any atom is -0.459 e. The lowest BCUT2D eigenvalue weighted by Crippen LogP contribution is -2.60. The second-order valence-electron chi connectivity index (χ2n) is 16.5. The molecule has 13 heteroatoms. The standard InChI is InChI=1S/C38H69NO12/c1-15-27-38(10,44)32(41)22(4)30(40)20(2)18-37(9,46-14)34(51-28-17-26(39(11)12)16-21(3)47-28)23(5)31(24(6)35(43)49-27)50-29-19-36(8,45-13)33(42)25(7)48-29/h20-29,31-34,41-42,44H,15-19H2,1-14H3/t20-,21?,22+,23+,24-,25?,26?,27-,28?,29?,31+,32-,33?,34-,36?,37+,38-/m1/s1. The highest BCUT2D eigenvalue weighted by molar-refractivity contribution is 5.83. The second kappa shape index (κ2) is 17.5. The fraction of sp³-hybridized carbons (Fsp3) is 0.947. The van der Waals surface area contributed by atoms with E-state index in [9.17, 15) is 24.9 Å². The van der Waals surface area contributed by atoms with Crippen molar-refractivity contribution >= 4 is 11.8 Å². The van der Waals surface area contributed by atoms with Gasteiger partial charge in [0.1, 0.15) is 23.6 Å². The minimum atomic E-state index is -1.93. The number of carbonyl (C=O) groups is 2. The molecule has 3 heterocycles. The average Bonchev–Trinajstić information content (AvgIpc) is 3.07. The van der Waals surface area contributed by atoms with E-state index in [1.165, 1.54) is 14.0 Å². The molecular formula is C38H69NO12. The monoisotopic (exact) mass is 731 g/mol. The van der Waals surface area contributed by atoms with Crippen LogP contribution in [0.2, 0.25) is 0 Å². The predicted molar refractivity (Wildman–Crippen MR) is 190 cm³/mol. The summed E-state index contributed by atoms with van der Waals surface area (Å²) >= 11 is 0. The van der Waals surface area contributed by atoms with E-state index < -0.39 is 95.6 Å². The molecule has 0 saturated carbocycles. The number of aliphatic hydroxyl groups is 3. The van der Waals surface area contributed by atoms with E-state index in [0.29, 0.717) is 6.42 Å². The van der Waals surface area contributed by atoms with Crippen LogP contribution in [0.1, 0.15) is 101 Å². The van der Waals surface area contributed by atoms with E-state index in [2.05, 4.69) is 4.90 Å². The Kier molecular flexibility index (Phi) is 15.1. The highest BCUT2D eigenvalue weighted by atomic mass is 16.7. The number of cyclic esters (lactones) is 1. The van der Waals surface area contributed by atoms with Gasteiger partial charge in [0.05, 0.1) is 47.6 Å². The van der Waals surface area contributed by atoms with Crippen LogP contribution in [0.5, 0.6) is 0 Å². The summed E-state index contributed by atoms with van der Waals surface area (Å²) in [7, 11) is 7.15. The number of ether oxygens (including phenoxy) is 7. The molecule has 3 aliphatic heterocycles. The van der Waals surface area contributed by atoms with Gasteiger partial charge in [-0.15, -0.1) is 0 Å². The van der Waals surface area contributed by atoms with Gasteiger partial charge in [0.15, 0.2) is 12.6 Å².